The number of aryl methyl sites for hydroxylation is 3. The van der Waals surface area contributed by atoms with E-state index in [4.69, 9.17) is 9.97 Å². The van der Waals surface area contributed by atoms with Crippen molar-refractivity contribution < 1.29 is 8.42 Å². The molecule has 0 spiro atoms. The molecule has 2 aromatic carbocycles. The van der Waals surface area contributed by atoms with Crippen LogP contribution in [0.2, 0.25) is 0 Å². The van der Waals surface area contributed by atoms with Gasteiger partial charge in [0.25, 0.3) is 0 Å². The van der Waals surface area contributed by atoms with Crippen LogP contribution in [-0.4, -0.2) is 48.7 Å². The molecule has 1 saturated heterocycles. The van der Waals surface area contributed by atoms with Crippen molar-refractivity contribution in [2.45, 2.75) is 51.1 Å². The molecule has 0 unspecified atom stereocenters. The summed E-state index contributed by atoms with van der Waals surface area (Å²) in [5, 5.41) is 4.66. The Hall–Kier alpha value is -2.51. The maximum Gasteiger partial charge on any atom is 0.223 e. The molecule has 0 aliphatic carbocycles. The monoisotopic (exact) mass is 438 g/mol. The first-order chi connectivity index (χ1) is 14.7. The van der Waals surface area contributed by atoms with Crippen molar-refractivity contribution in [3.63, 3.8) is 0 Å². The van der Waals surface area contributed by atoms with Crippen molar-refractivity contribution >= 4 is 26.7 Å². The number of benzene rings is 2. The normalized spacial score (nSPS) is 16.0. The van der Waals surface area contributed by atoms with Crippen LogP contribution in [0.25, 0.3) is 10.9 Å². The number of hydrogen-bond acceptors (Lipinski definition) is 6. The van der Waals surface area contributed by atoms with Gasteiger partial charge < -0.3 is 5.32 Å². The fourth-order valence-electron chi connectivity index (χ4n) is 4.12. The number of nitrogens with zero attached hydrogens (tertiary/aromatic N) is 3. The zero-order chi connectivity index (χ0) is 22.2. The number of anilines is 1. The van der Waals surface area contributed by atoms with Crippen LogP contribution in [0.3, 0.4) is 0 Å². The van der Waals surface area contributed by atoms with E-state index in [-0.39, 0.29) is 0 Å². The van der Waals surface area contributed by atoms with Gasteiger partial charge in [-0.2, -0.15) is 0 Å². The van der Waals surface area contributed by atoms with E-state index in [2.05, 4.69) is 36.2 Å². The van der Waals surface area contributed by atoms with Crippen molar-refractivity contribution in [1.82, 2.24) is 14.9 Å². The lowest BCUT2D eigenvalue weighted by Gasteiger charge is -2.32. The van der Waals surface area contributed by atoms with E-state index < -0.39 is 9.84 Å². The lowest BCUT2D eigenvalue weighted by molar-refractivity contribution is 0.211. The van der Waals surface area contributed by atoms with Crippen molar-refractivity contribution in [2.24, 2.45) is 0 Å². The van der Waals surface area contributed by atoms with Gasteiger partial charge in [0.2, 0.25) is 5.95 Å². The predicted molar refractivity (Wildman–Crippen MR) is 125 cm³/mol. The number of likely N-dealkylation sites (tertiary alicyclic amines) is 1. The van der Waals surface area contributed by atoms with Gasteiger partial charge in [-0.3, -0.25) is 4.90 Å². The van der Waals surface area contributed by atoms with Gasteiger partial charge in [-0.1, -0.05) is 12.1 Å². The minimum atomic E-state index is -3.15. The van der Waals surface area contributed by atoms with E-state index in [0.717, 1.165) is 54.6 Å². The molecular formula is C24H30N4O2S. The third kappa shape index (κ3) is 5.05. The van der Waals surface area contributed by atoms with Crippen LogP contribution >= 0.6 is 0 Å². The van der Waals surface area contributed by atoms with Gasteiger partial charge in [0.1, 0.15) is 0 Å². The molecular weight excluding hydrogens is 408 g/mol. The van der Waals surface area contributed by atoms with Gasteiger partial charge >= 0.3 is 0 Å². The van der Waals surface area contributed by atoms with Gasteiger partial charge in [0.15, 0.2) is 9.84 Å². The molecule has 2 heterocycles. The van der Waals surface area contributed by atoms with Crippen LogP contribution in [0.15, 0.2) is 41.3 Å². The Morgan fingerprint density at radius 3 is 2.29 bits per heavy atom. The summed E-state index contributed by atoms with van der Waals surface area (Å²) in [5.74, 6) is 0.711. The van der Waals surface area contributed by atoms with E-state index in [9.17, 15) is 8.42 Å². The first kappa shape index (κ1) is 21.7. The second-order valence-corrected chi connectivity index (χ2v) is 10.7. The maximum absolute atomic E-state index is 11.6. The van der Waals surface area contributed by atoms with Crippen LogP contribution in [0, 0.1) is 20.8 Å². The van der Waals surface area contributed by atoms with Crippen LogP contribution < -0.4 is 5.32 Å². The SMILES string of the molecule is Cc1cc2nc(NC3CCN(Cc4ccc(S(C)(=O)=O)cc4)CC3)nc(C)c2cc1C. The maximum atomic E-state index is 11.6. The third-order valence-corrected chi connectivity index (χ3v) is 7.31. The molecule has 1 aromatic heterocycles. The Labute approximate surface area is 184 Å². The molecule has 1 aliphatic heterocycles. The Kier molecular flexibility index (Phi) is 5.99. The average molecular weight is 439 g/mol. The standard InChI is InChI=1S/C24H30N4O2S/c1-16-13-22-18(3)25-24(27-23(22)14-17(16)2)26-20-9-11-28(12-10-20)15-19-5-7-21(8-6-19)31(4,29)30/h5-8,13-14,20H,9-12,15H2,1-4H3,(H,25,26,27). The molecule has 6 nitrogen and oxygen atoms in total. The average Bonchev–Trinajstić information content (AvgIpc) is 2.71. The molecule has 4 rings (SSSR count). The van der Waals surface area contributed by atoms with Crippen molar-refractivity contribution in [1.29, 1.82) is 0 Å². The lowest BCUT2D eigenvalue weighted by atomic mass is 10.0. The number of aromatic nitrogens is 2. The molecule has 1 aliphatic rings. The minimum Gasteiger partial charge on any atom is -0.351 e. The van der Waals surface area contributed by atoms with Crippen molar-refractivity contribution in [2.75, 3.05) is 24.7 Å². The predicted octanol–water partition coefficient (Wildman–Crippen LogP) is 4.04. The molecule has 0 bridgehead atoms. The van der Waals surface area contributed by atoms with Crippen LogP contribution in [0.4, 0.5) is 5.95 Å². The van der Waals surface area contributed by atoms with E-state index in [1.165, 1.54) is 17.4 Å². The minimum absolute atomic E-state index is 0.354. The van der Waals surface area contributed by atoms with E-state index in [1.807, 2.05) is 19.1 Å². The summed E-state index contributed by atoms with van der Waals surface area (Å²) in [5.41, 5.74) is 5.64. The quantitative estimate of drug-likeness (QED) is 0.648. The highest BCUT2D eigenvalue weighted by molar-refractivity contribution is 7.90. The van der Waals surface area contributed by atoms with Gasteiger partial charge in [0.05, 0.1) is 16.1 Å². The molecule has 31 heavy (non-hydrogen) atoms. The highest BCUT2D eigenvalue weighted by atomic mass is 32.2. The third-order valence-electron chi connectivity index (χ3n) is 6.18. The lowest BCUT2D eigenvalue weighted by Crippen LogP contribution is -2.39. The zero-order valence-corrected chi connectivity index (χ0v) is 19.5. The summed E-state index contributed by atoms with van der Waals surface area (Å²) >= 11 is 0. The fourth-order valence-corrected chi connectivity index (χ4v) is 4.75. The molecule has 0 amide bonds. The van der Waals surface area contributed by atoms with E-state index >= 15 is 0 Å². The Morgan fingerprint density at radius 1 is 1.00 bits per heavy atom. The number of piperidine rings is 1. The molecule has 1 N–H and O–H groups in total. The van der Waals surface area contributed by atoms with Crippen molar-refractivity contribution in [3.05, 3.63) is 58.8 Å². The smallest absolute Gasteiger partial charge is 0.223 e. The molecule has 164 valence electrons. The molecule has 1 fully saturated rings. The summed E-state index contributed by atoms with van der Waals surface area (Å²) in [6.45, 7) is 9.08. The second kappa shape index (κ2) is 8.55. The Morgan fingerprint density at radius 2 is 1.65 bits per heavy atom. The van der Waals surface area contributed by atoms with Gasteiger partial charge in [0, 0.05) is 37.3 Å². The molecule has 0 atom stereocenters. The molecule has 0 saturated carbocycles. The largest absolute Gasteiger partial charge is 0.351 e. The summed E-state index contributed by atoms with van der Waals surface area (Å²) in [6.07, 6.45) is 3.28. The van der Waals surface area contributed by atoms with Crippen LogP contribution in [-0.2, 0) is 16.4 Å². The van der Waals surface area contributed by atoms with E-state index in [1.54, 1.807) is 12.1 Å². The van der Waals surface area contributed by atoms with Gasteiger partial charge in [-0.25, -0.2) is 18.4 Å². The van der Waals surface area contributed by atoms with Crippen LogP contribution in [0.5, 0.6) is 0 Å². The summed E-state index contributed by atoms with van der Waals surface area (Å²) in [6, 6.07) is 11.9. The highest BCUT2D eigenvalue weighted by Gasteiger charge is 2.20. The number of nitrogens with one attached hydrogen (secondary N) is 1. The highest BCUT2D eigenvalue weighted by Crippen LogP contribution is 2.23. The molecule has 0 radical (unpaired) electrons. The molecule has 3 aromatic rings. The topological polar surface area (TPSA) is 75.2 Å². The Balaban J connectivity index is 1.36. The summed E-state index contributed by atoms with van der Waals surface area (Å²) in [4.78, 5) is 12.2. The van der Waals surface area contributed by atoms with Gasteiger partial charge in [-0.05, 0) is 74.6 Å². The summed E-state index contributed by atoms with van der Waals surface area (Å²) in [7, 11) is -3.15. The fraction of sp³-hybridized carbons (Fsp3) is 0.417. The zero-order valence-electron chi connectivity index (χ0n) is 18.6. The van der Waals surface area contributed by atoms with Crippen LogP contribution in [0.1, 0.15) is 35.2 Å². The van der Waals surface area contributed by atoms with E-state index in [0.29, 0.717) is 16.9 Å². The molecule has 7 heteroatoms. The summed E-state index contributed by atoms with van der Waals surface area (Å²) < 4.78 is 23.2. The number of hydrogen-bond donors (Lipinski definition) is 1. The number of sulfone groups is 1. The number of rotatable bonds is 5. The first-order valence-electron chi connectivity index (χ1n) is 10.7. The Bertz CT molecular complexity index is 1200. The first-order valence-corrected chi connectivity index (χ1v) is 12.6. The second-order valence-electron chi connectivity index (χ2n) is 8.70. The van der Waals surface area contributed by atoms with Crippen molar-refractivity contribution in [3.8, 4) is 0 Å². The van der Waals surface area contributed by atoms with Gasteiger partial charge in [-0.15, -0.1) is 0 Å². The number of fused-ring (bicyclic) bond motifs is 1.